The van der Waals surface area contributed by atoms with Crippen LogP contribution in [0.25, 0.3) is 0 Å². The molecule has 144 valence electrons. The molecule has 26 heavy (non-hydrogen) atoms. The van der Waals surface area contributed by atoms with Gasteiger partial charge in [0.15, 0.2) is 11.6 Å². The third-order valence-corrected chi connectivity index (χ3v) is 4.84. The zero-order valence-corrected chi connectivity index (χ0v) is 16.0. The summed E-state index contributed by atoms with van der Waals surface area (Å²) in [5, 5.41) is 3.05. The highest BCUT2D eigenvalue weighted by molar-refractivity contribution is 5.81. The molecule has 1 saturated heterocycles. The van der Waals surface area contributed by atoms with Crippen molar-refractivity contribution < 1.29 is 18.7 Å². The molecular formula is C20H29FN2O3. The Morgan fingerprint density at radius 3 is 2.65 bits per heavy atom. The van der Waals surface area contributed by atoms with Gasteiger partial charge in [0.05, 0.1) is 12.0 Å². The fraction of sp³-hybridized carbons (Fsp3) is 0.600. The summed E-state index contributed by atoms with van der Waals surface area (Å²) in [6.45, 7) is 8.88. The van der Waals surface area contributed by atoms with Crippen molar-refractivity contribution >= 4 is 11.8 Å². The number of para-hydroxylation sites is 1. The average molecular weight is 364 g/mol. The number of piperidine rings is 1. The molecule has 1 aliphatic heterocycles. The molecular weight excluding hydrogens is 335 g/mol. The van der Waals surface area contributed by atoms with Gasteiger partial charge in [0, 0.05) is 20.0 Å². The van der Waals surface area contributed by atoms with E-state index in [1.807, 2.05) is 20.8 Å². The highest BCUT2D eigenvalue weighted by Crippen LogP contribution is 2.24. The first-order valence-corrected chi connectivity index (χ1v) is 9.11. The van der Waals surface area contributed by atoms with E-state index in [1.165, 1.54) is 13.0 Å². The van der Waals surface area contributed by atoms with Gasteiger partial charge in [-0.15, -0.1) is 0 Å². The fourth-order valence-electron chi connectivity index (χ4n) is 3.01. The number of rotatable bonds is 5. The number of nitrogens with one attached hydrogen (secondary N) is 1. The molecule has 0 spiro atoms. The first-order valence-electron chi connectivity index (χ1n) is 9.11. The number of amides is 2. The maximum atomic E-state index is 13.8. The van der Waals surface area contributed by atoms with E-state index >= 15 is 0 Å². The first kappa shape index (κ1) is 20.2. The van der Waals surface area contributed by atoms with Crippen molar-refractivity contribution in [2.75, 3.05) is 19.7 Å². The van der Waals surface area contributed by atoms with Gasteiger partial charge < -0.3 is 15.0 Å². The lowest BCUT2D eigenvalue weighted by Gasteiger charge is -2.35. The number of hydrogen-bond donors (Lipinski definition) is 1. The smallest absolute Gasteiger partial charge is 0.225 e. The van der Waals surface area contributed by atoms with Crippen LogP contribution in [0.4, 0.5) is 4.39 Å². The Morgan fingerprint density at radius 1 is 1.35 bits per heavy atom. The normalized spacial score (nSPS) is 19.0. The van der Waals surface area contributed by atoms with Gasteiger partial charge in [0.2, 0.25) is 11.8 Å². The van der Waals surface area contributed by atoms with E-state index in [4.69, 9.17) is 4.74 Å². The molecule has 0 saturated carbocycles. The van der Waals surface area contributed by atoms with Gasteiger partial charge in [-0.3, -0.25) is 9.59 Å². The van der Waals surface area contributed by atoms with Crippen molar-refractivity contribution in [2.45, 2.75) is 46.6 Å². The summed E-state index contributed by atoms with van der Waals surface area (Å²) >= 11 is 0. The molecule has 6 heteroatoms. The van der Waals surface area contributed by atoms with Gasteiger partial charge in [-0.05, 0) is 30.4 Å². The number of halogens is 1. The average Bonchev–Trinajstić information content (AvgIpc) is 2.58. The Labute approximate surface area is 154 Å². The number of nitrogens with zero attached hydrogens (tertiary/aromatic N) is 1. The molecule has 1 fully saturated rings. The minimum Gasteiger partial charge on any atom is -0.488 e. The number of likely N-dealkylation sites (tertiary alicyclic amines) is 1. The molecule has 1 N–H and O–H groups in total. The maximum Gasteiger partial charge on any atom is 0.225 e. The molecule has 2 atom stereocenters. The van der Waals surface area contributed by atoms with E-state index in [0.29, 0.717) is 13.1 Å². The number of ether oxygens (including phenoxy) is 1. The Balaban J connectivity index is 2.00. The van der Waals surface area contributed by atoms with Crippen molar-refractivity contribution in [2.24, 2.45) is 11.3 Å². The lowest BCUT2D eigenvalue weighted by atomic mass is 9.86. The Hall–Kier alpha value is -2.11. The van der Waals surface area contributed by atoms with E-state index in [1.54, 1.807) is 23.1 Å². The van der Waals surface area contributed by atoms with Crippen LogP contribution in [0.2, 0.25) is 0 Å². The first-order chi connectivity index (χ1) is 12.2. The third-order valence-electron chi connectivity index (χ3n) is 4.84. The zero-order valence-electron chi connectivity index (χ0n) is 16.0. The van der Waals surface area contributed by atoms with Crippen molar-refractivity contribution in [3.05, 3.63) is 30.1 Å². The maximum absolute atomic E-state index is 13.8. The van der Waals surface area contributed by atoms with Gasteiger partial charge in [-0.2, -0.15) is 0 Å². The monoisotopic (exact) mass is 364 g/mol. The molecule has 0 aliphatic carbocycles. The number of carbonyl (C=O) groups is 2. The molecule has 1 aromatic carbocycles. The largest absolute Gasteiger partial charge is 0.488 e. The number of benzene rings is 1. The second-order valence-electron chi connectivity index (χ2n) is 7.97. The second-order valence-corrected chi connectivity index (χ2v) is 7.97. The number of carbonyl (C=O) groups excluding carboxylic acids is 2. The zero-order chi connectivity index (χ0) is 19.3. The van der Waals surface area contributed by atoms with Gasteiger partial charge in [0.25, 0.3) is 0 Å². The highest BCUT2D eigenvalue weighted by atomic mass is 19.1. The quantitative estimate of drug-likeness (QED) is 0.874. The Bertz CT molecular complexity index is 642. The molecule has 1 heterocycles. The van der Waals surface area contributed by atoms with Crippen LogP contribution in [0.3, 0.4) is 0 Å². The van der Waals surface area contributed by atoms with E-state index in [-0.39, 0.29) is 41.5 Å². The molecule has 0 radical (unpaired) electrons. The van der Waals surface area contributed by atoms with E-state index in [0.717, 1.165) is 12.8 Å². The molecule has 2 unspecified atom stereocenters. The SMILES string of the molecule is CC(=O)N1CCCC(C(=O)NC(COc2ccccc2F)C(C)(C)C)C1. The van der Waals surface area contributed by atoms with Crippen molar-refractivity contribution in [3.63, 3.8) is 0 Å². The minimum absolute atomic E-state index is 0.00208. The van der Waals surface area contributed by atoms with E-state index in [9.17, 15) is 14.0 Å². The lowest BCUT2D eigenvalue weighted by molar-refractivity contribution is -0.134. The van der Waals surface area contributed by atoms with E-state index < -0.39 is 5.82 Å². The van der Waals surface area contributed by atoms with Gasteiger partial charge in [-0.25, -0.2) is 4.39 Å². The molecule has 0 bridgehead atoms. The molecule has 5 nitrogen and oxygen atoms in total. The molecule has 1 aromatic rings. The summed E-state index contributed by atoms with van der Waals surface area (Å²) in [6.07, 6.45) is 1.59. The van der Waals surface area contributed by atoms with Crippen LogP contribution in [0.15, 0.2) is 24.3 Å². The predicted octanol–water partition coefficient (Wildman–Crippen LogP) is 2.99. The van der Waals surface area contributed by atoms with Crippen LogP contribution < -0.4 is 10.1 Å². The molecule has 1 aliphatic rings. The topological polar surface area (TPSA) is 58.6 Å². The lowest BCUT2D eigenvalue weighted by Crippen LogP contribution is -2.52. The Kier molecular flexibility index (Phi) is 6.62. The standard InChI is InChI=1S/C20H29FN2O3/c1-14(24)23-11-7-8-15(12-23)19(25)22-18(20(2,3)4)13-26-17-10-6-5-9-16(17)21/h5-6,9-10,15,18H,7-8,11-13H2,1-4H3,(H,22,25). The highest BCUT2D eigenvalue weighted by Gasteiger charge is 2.32. The van der Waals surface area contributed by atoms with Gasteiger partial charge in [0.1, 0.15) is 6.61 Å². The molecule has 2 amide bonds. The van der Waals surface area contributed by atoms with Crippen LogP contribution in [-0.2, 0) is 9.59 Å². The van der Waals surface area contributed by atoms with E-state index in [2.05, 4.69) is 5.32 Å². The van der Waals surface area contributed by atoms with Crippen LogP contribution in [0, 0.1) is 17.2 Å². The van der Waals surface area contributed by atoms with Gasteiger partial charge >= 0.3 is 0 Å². The van der Waals surface area contributed by atoms with Crippen molar-refractivity contribution in [1.29, 1.82) is 0 Å². The fourth-order valence-corrected chi connectivity index (χ4v) is 3.01. The van der Waals surface area contributed by atoms with Crippen LogP contribution in [0.5, 0.6) is 5.75 Å². The summed E-state index contributed by atoms with van der Waals surface area (Å²) in [7, 11) is 0. The minimum atomic E-state index is -0.420. The van der Waals surface area contributed by atoms with Crippen LogP contribution >= 0.6 is 0 Å². The van der Waals surface area contributed by atoms with Gasteiger partial charge in [-0.1, -0.05) is 32.9 Å². The van der Waals surface area contributed by atoms with Crippen molar-refractivity contribution in [1.82, 2.24) is 10.2 Å². The molecule has 2 rings (SSSR count). The summed E-state index contributed by atoms with van der Waals surface area (Å²) in [4.78, 5) is 26.0. The number of hydrogen-bond acceptors (Lipinski definition) is 3. The van der Waals surface area contributed by atoms with Crippen LogP contribution in [-0.4, -0.2) is 42.5 Å². The summed E-state index contributed by atoms with van der Waals surface area (Å²) in [5.41, 5.74) is -0.254. The summed E-state index contributed by atoms with van der Waals surface area (Å²) < 4.78 is 19.4. The summed E-state index contributed by atoms with van der Waals surface area (Å²) in [6, 6.07) is 5.96. The van der Waals surface area contributed by atoms with Crippen molar-refractivity contribution in [3.8, 4) is 5.75 Å². The predicted molar refractivity (Wildman–Crippen MR) is 98.3 cm³/mol. The van der Waals surface area contributed by atoms with Crippen LogP contribution in [0.1, 0.15) is 40.5 Å². The third kappa shape index (κ3) is 5.44. The molecule has 0 aromatic heterocycles. The second kappa shape index (κ2) is 8.52. The Morgan fingerprint density at radius 2 is 2.04 bits per heavy atom. The summed E-state index contributed by atoms with van der Waals surface area (Å²) in [5.74, 6) is -0.538.